The molecule has 0 fully saturated rings. The molecule has 0 amide bonds. The van der Waals surface area contributed by atoms with E-state index in [0.717, 1.165) is 0 Å². The van der Waals surface area contributed by atoms with Gasteiger partial charge in [-0.25, -0.2) is 14.2 Å². The average molecular weight is 344 g/mol. The van der Waals surface area contributed by atoms with E-state index in [0.29, 0.717) is 10.6 Å². The lowest BCUT2D eigenvalue weighted by molar-refractivity contribution is 0.0526. The first-order chi connectivity index (χ1) is 10.5. The van der Waals surface area contributed by atoms with Crippen LogP contribution in [0.3, 0.4) is 0 Å². The van der Waals surface area contributed by atoms with Gasteiger partial charge in [-0.05, 0) is 30.7 Å². The number of carbonyl (C=O) groups excluding carboxylic acids is 1. The maximum Gasteiger partial charge on any atom is 0.343 e. The summed E-state index contributed by atoms with van der Waals surface area (Å²) < 4.78 is 18.6. The fourth-order valence-electron chi connectivity index (χ4n) is 1.70. The first-order valence-corrected chi connectivity index (χ1v) is 7.14. The van der Waals surface area contributed by atoms with Crippen LogP contribution in [0, 0.1) is 5.82 Å². The van der Waals surface area contributed by atoms with Gasteiger partial charge in [0.15, 0.2) is 0 Å². The van der Waals surface area contributed by atoms with Gasteiger partial charge in [0.05, 0.1) is 6.61 Å². The van der Waals surface area contributed by atoms with E-state index in [1.807, 2.05) is 0 Å². The van der Waals surface area contributed by atoms with Crippen molar-refractivity contribution in [1.29, 1.82) is 0 Å². The molecular weight excluding hydrogens is 332 g/mol. The molecule has 5 nitrogen and oxygen atoms in total. The number of halogens is 3. The van der Waals surface area contributed by atoms with Crippen molar-refractivity contribution in [3.05, 3.63) is 51.6 Å². The highest BCUT2D eigenvalue weighted by molar-refractivity contribution is 6.30. The van der Waals surface area contributed by atoms with E-state index in [2.05, 4.69) is 15.3 Å². The van der Waals surface area contributed by atoms with Crippen molar-refractivity contribution in [3.63, 3.8) is 0 Å². The summed E-state index contributed by atoms with van der Waals surface area (Å²) in [7, 11) is 0. The molecule has 116 valence electrons. The highest BCUT2D eigenvalue weighted by atomic mass is 35.5. The highest BCUT2D eigenvalue weighted by Crippen LogP contribution is 2.19. The molecule has 22 heavy (non-hydrogen) atoms. The predicted octanol–water partition coefficient (Wildman–Crippen LogP) is 3.71. The van der Waals surface area contributed by atoms with Crippen molar-refractivity contribution >= 4 is 35.0 Å². The maximum absolute atomic E-state index is 13.7. The maximum atomic E-state index is 13.7. The first-order valence-electron chi connectivity index (χ1n) is 6.38. The van der Waals surface area contributed by atoms with Gasteiger partial charge in [-0.3, -0.25) is 0 Å². The molecule has 2 aromatic rings. The second-order valence-electron chi connectivity index (χ2n) is 4.21. The van der Waals surface area contributed by atoms with E-state index >= 15 is 0 Å². The number of benzene rings is 1. The van der Waals surface area contributed by atoms with Crippen molar-refractivity contribution in [3.8, 4) is 0 Å². The minimum absolute atomic E-state index is 0.0351. The molecule has 0 aliphatic heterocycles. The molecule has 1 N–H and O–H groups in total. The number of hydrogen-bond donors (Lipinski definition) is 1. The lowest BCUT2D eigenvalue weighted by atomic mass is 10.2. The van der Waals surface area contributed by atoms with Crippen molar-refractivity contribution in [2.75, 3.05) is 11.9 Å². The van der Waals surface area contributed by atoms with Crippen LogP contribution in [0.5, 0.6) is 0 Å². The molecule has 0 spiro atoms. The molecule has 0 aliphatic rings. The van der Waals surface area contributed by atoms with E-state index in [-0.39, 0.29) is 29.8 Å². The standard InChI is InChI=1S/C14H12Cl2FN3O2/c1-2-22-13(21)10-7-19-14(16)20-12(10)18-6-8-3-4-9(15)5-11(8)17/h3-5,7H,2,6H2,1H3,(H,18,19,20). The van der Waals surface area contributed by atoms with Gasteiger partial charge in [0.1, 0.15) is 17.2 Å². The largest absolute Gasteiger partial charge is 0.462 e. The van der Waals surface area contributed by atoms with Gasteiger partial charge in [-0.2, -0.15) is 4.98 Å². The number of hydrogen-bond acceptors (Lipinski definition) is 5. The van der Waals surface area contributed by atoms with Crippen LogP contribution in [0.4, 0.5) is 10.2 Å². The quantitative estimate of drug-likeness (QED) is 0.662. The Labute approximate surface area is 136 Å². The number of rotatable bonds is 5. The van der Waals surface area contributed by atoms with Crippen molar-refractivity contribution in [2.45, 2.75) is 13.5 Å². The van der Waals surface area contributed by atoms with Crippen LogP contribution in [-0.4, -0.2) is 22.5 Å². The van der Waals surface area contributed by atoms with Crippen LogP contribution >= 0.6 is 23.2 Å². The van der Waals surface area contributed by atoms with Gasteiger partial charge in [0.25, 0.3) is 0 Å². The third kappa shape index (κ3) is 4.05. The molecule has 0 aliphatic carbocycles. The number of nitrogens with one attached hydrogen (secondary N) is 1. The monoisotopic (exact) mass is 343 g/mol. The van der Waals surface area contributed by atoms with Crippen LogP contribution in [-0.2, 0) is 11.3 Å². The lowest BCUT2D eigenvalue weighted by Gasteiger charge is -2.11. The summed E-state index contributed by atoms with van der Waals surface area (Å²) in [6.45, 7) is 2.00. The van der Waals surface area contributed by atoms with Gasteiger partial charge < -0.3 is 10.1 Å². The second kappa shape index (κ2) is 7.38. The van der Waals surface area contributed by atoms with Gasteiger partial charge >= 0.3 is 5.97 Å². The molecule has 2 rings (SSSR count). The lowest BCUT2D eigenvalue weighted by Crippen LogP contribution is -2.12. The fourth-order valence-corrected chi connectivity index (χ4v) is 1.99. The Bertz CT molecular complexity index is 698. The number of carbonyl (C=O) groups is 1. The SMILES string of the molecule is CCOC(=O)c1cnc(Cl)nc1NCc1ccc(Cl)cc1F. The molecular formula is C14H12Cl2FN3O2. The number of anilines is 1. The second-order valence-corrected chi connectivity index (χ2v) is 4.99. The molecule has 0 saturated carbocycles. The smallest absolute Gasteiger partial charge is 0.343 e. The Hall–Kier alpha value is -1.92. The molecule has 0 radical (unpaired) electrons. The van der Waals surface area contributed by atoms with Crippen LogP contribution in [0.1, 0.15) is 22.8 Å². The third-order valence-electron chi connectivity index (χ3n) is 2.72. The predicted molar refractivity (Wildman–Crippen MR) is 81.7 cm³/mol. The number of ether oxygens (including phenoxy) is 1. The number of aromatic nitrogens is 2. The van der Waals surface area contributed by atoms with E-state index in [9.17, 15) is 9.18 Å². The first kappa shape index (κ1) is 16.5. The van der Waals surface area contributed by atoms with E-state index in [4.69, 9.17) is 27.9 Å². The Morgan fingerprint density at radius 2 is 2.18 bits per heavy atom. The topological polar surface area (TPSA) is 64.1 Å². The van der Waals surface area contributed by atoms with Crippen LogP contribution in [0.25, 0.3) is 0 Å². The van der Waals surface area contributed by atoms with E-state index < -0.39 is 11.8 Å². The van der Waals surface area contributed by atoms with Gasteiger partial charge in [-0.1, -0.05) is 17.7 Å². The van der Waals surface area contributed by atoms with Gasteiger partial charge in [0, 0.05) is 23.3 Å². The van der Waals surface area contributed by atoms with Crippen LogP contribution < -0.4 is 5.32 Å². The Morgan fingerprint density at radius 1 is 1.41 bits per heavy atom. The fraction of sp³-hybridized carbons (Fsp3) is 0.214. The van der Waals surface area contributed by atoms with Crippen molar-refractivity contribution < 1.29 is 13.9 Å². The molecule has 0 atom stereocenters. The van der Waals surface area contributed by atoms with Crippen LogP contribution in [0.2, 0.25) is 10.3 Å². The summed E-state index contributed by atoms with van der Waals surface area (Å²) >= 11 is 11.4. The van der Waals surface area contributed by atoms with Crippen LogP contribution in [0.15, 0.2) is 24.4 Å². The zero-order valence-corrected chi connectivity index (χ0v) is 13.1. The number of esters is 1. The van der Waals surface area contributed by atoms with E-state index in [1.54, 1.807) is 13.0 Å². The molecule has 8 heteroatoms. The Morgan fingerprint density at radius 3 is 2.86 bits per heavy atom. The summed E-state index contributed by atoms with van der Waals surface area (Å²) in [6, 6.07) is 4.32. The summed E-state index contributed by atoms with van der Waals surface area (Å²) in [4.78, 5) is 19.5. The summed E-state index contributed by atoms with van der Waals surface area (Å²) in [6.07, 6.45) is 1.26. The summed E-state index contributed by atoms with van der Waals surface area (Å²) in [5, 5.41) is 3.12. The molecule has 1 aromatic heterocycles. The number of nitrogens with zero attached hydrogens (tertiary/aromatic N) is 2. The minimum atomic E-state index is -0.585. The Kier molecular flexibility index (Phi) is 5.51. The molecule has 1 aromatic carbocycles. The average Bonchev–Trinajstić information content (AvgIpc) is 2.46. The molecule has 0 bridgehead atoms. The molecule has 0 unspecified atom stereocenters. The highest BCUT2D eigenvalue weighted by Gasteiger charge is 2.16. The minimum Gasteiger partial charge on any atom is -0.462 e. The molecule has 1 heterocycles. The zero-order valence-electron chi connectivity index (χ0n) is 11.6. The summed E-state index contributed by atoms with van der Waals surface area (Å²) in [5.74, 6) is -0.871. The summed E-state index contributed by atoms with van der Waals surface area (Å²) in [5.41, 5.74) is 0.495. The Balaban J connectivity index is 2.21. The van der Waals surface area contributed by atoms with Gasteiger partial charge in [0.2, 0.25) is 5.28 Å². The van der Waals surface area contributed by atoms with Crippen molar-refractivity contribution in [2.24, 2.45) is 0 Å². The van der Waals surface area contributed by atoms with Crippen molar-refractivity contribution in [1.82, 2.24) is 9.97 Å². The zero-order chi connectivity index (χ0) is 16.1. The normalized spacial score (nSPS) is 10.4. The molecule has 0 saturated heterocycles. The third-order valence-corrected chi connectivity index (χ3v) is 3.13. The van der Waals surface area contributed by atoms with Gasteiger partial charge in [-0.15, -0.1) is 0 Å². The van der Waals surface area contributed by atoms with E-state index in [1.165, 1.54) is 18.3 Å².